The van der Waals surface area contributed by atoms with Gasteiger partial charge >= 0.3 is 0 Å². The number of rotatable bonds is 6. The number of hydrogen-bond acceptors (Lipinski definition) is 5. The van der Waals surface area contributed by atoms with Crippen LogP contribution in [0.25, 0.3) is 5.69 Å². The van der Waals surface area contributed by atoms with Gasteiger partial charge in [0.1, 0.15) is 12.1 Å². The topological polar surface area (TPSA) is 61.2 Å². The second-order valence-electron chi connectivity index (χ2n) is 7.28. The second-order valence-corrected chi connectivity index (χ2v) is 7.28. The summed E-state index contributed by atoms with van der Waals surface area (Å²) < 4.78 is 13.4. The second kappa shape index (κ2) is 8.44. The molecule has 1 N–H and O–H groups in total. The normalized spacial score (nSPS) is 15.0. The highest BCUT2D eigenvalue weighted by Crippen LogP contribution is 2.36. The molecule has 0 atom stereocenters. The predicted molar refractivity (Wildman–Crippen MR) is 110 cm³/mol. The summed E-state index contributed by atoms with van der Waals surface area (Å²) >= 11 is 0. The molecule has 0 bridgehead atoms. The van der Waals surface area contributed by atoms with Crippen LogP contribution in [-0.4, -0.2) is 34.1 Å². The molecule has 0 unspecified atom stereocenters. The van der Waals surface area contributed by atoms with E-state index in [0.29, 0.717) is 11.9 Å². The van der Waals surface area contributed by atoms with Crippen molar-refractivity contribution in [2.75, 3.05) is 18.5 Å². The van der Waals surface area contributed by atoms with Crippen molar-refractivity contribution in [3.8, 4) is 11.4 Å². The predicted octanol–water partition coefficient (Wildman–Crippen LogP) is 4.69. The fourth-order valence-electron chi connectivity index (χ4n) is 3.47. The Bertz CT molecular complexity index is 902. The lowest BCUT2D eigenvalue weighted by Crippen LogP contribution is -2.16. The summed E-state index contributed by atoms with van der Waals surface area (Å²) in [7, 11) is 0. The molecule has 1 aromatic heterocycles. The van der Waals surface area contributed by atoms with Gasteiger partial charge in [-0.3, -0.25) is 0 Å². The largest absolute Gasteiger partial charge is 0.491 e. The molecule has 28 heavy (non-hydrogen) atoms. The van der Waals surface area contributed by atoms with Crippen molar-refractivity contribution in [2.24, 2.45) is 0 Å². The number of benzene rings is 2. The fourth-order valence-corrected chi connectivity index (χ4v) is 3.47. The third-order valence-electron chi connectivity index (χ3n) is 4.81. The highest BCUT2D eigenvalue weighted by atomic mass is 16.5. The average molecular weight is 378 g/mol. The summed E-state index contributed by atoms with van der Waals surface area (Å²) in [6.45, 7) is 5.73. The minimum absolute atomic E-state index is 0.115. The van der Waals surface area contributed by atoms with Gasteiger partial charge in [-0.25, -0.2) is 4.68 Å². The van der Waals surface area contributed by atoms with Gasteiger partial charge in [-0.1, -0.05) is 24.3 Å². The Morgan fingerprint density at radius 1 is 1.11 bits per heavy atom. The van der Waals surface area contributed by atoms with Gasteiger partial charge in [0.25, 0.3) is 0 Å². The Morgan fingerprint density at radius 3 is 2.64 bits per heavy atom. The molecular weight excluding hydrogens is 352 g/mol. The van der Waals surface area contributed by atoms with Crippen LogP contribution in [-0.2, 0) is 4.74 Å². The third kappa shape index (κ3) is 4.34. The van der Waals surface area contributed by atoms with Crippen LogP contribution in [0.5, 0.6) is 5.75 Å². The summed E-state index contributed by atoms with van der Waals surface area (Å²) in [5.41, 5.74) is 3.14. The Morgan fingerprint density at radius 2 is 1.89 bits per heavy atom. The van der Waals surface area contributed by atoms with Gasteiger partial charge in [-0.15, -0.1) is 5.10 Å². The number of anilines is 2. The zero-order chi connectivity index (χ0) is 19.3. The van der Waals surface area contributed by atoms with Crippen LogP contribution in [0.15, 0.2) is 54.9 Å². The Kier molecular flexibility index (Phi) is 5.58. The molecule has 4 rings (SSSR count). The Labute approximate surface area is 165 Å². The molecule has 6 heteroatoms. The van der Waals surface area contributed by atoms with E-state index in [0.717, 1.165) is 43.2 Å². The fraction of sp³-hybridized carbons (Fsp3) is 0.364. The lowest BCUT2D eigenvalue weighted by atomic mass is 9.91. The molecule has 0 radical (unpaired) electrons. The molecule has 6 nitrogen and oxygen atoms in total. The van der Waals surface area contributed by atoms with E-state index in [4.69, 9.17) is 9.47 Å². The van der Waals surface area contributed by atoms with E-state index in [1.165, 1.54) is 5.56 Å². The van der Waals surface area contributed by atoms with Gasteiger partial charge in [0.15, 0.2) is 0 Å². The number of nitrogens with one attached hydrogen (secondary N) is 1. The number of aromatic nitrogens is 3. The number of hydrogen-bond donors (Lipinski definition) is 1. The highest BCUT2D eigenvalue weighted by Gasteiger charge is 2.20. The van der Waals surface area contributed by atoms with E-state index in [9.17, 15) is 0 Å². The highest BCUT2D eigenvalue weighted by molar-refractivity contribution is 5.58. The zero-order valence-electron chi connectivity index (χ0n) is 16.3. The number of ether oxygens (including phenoxy) is 2. The summed E-state index contributed by atoms with van der Waals surface area (Å²) in [5, 5.41) is 7.81. The first-order valence-corrected chi connectivity index (χ1v) is 9.81. The van der Waals surface area contributed by atoms with Gasteiger partial charge in [0.2, 0.25) is 5.95 Å². The lowest BCUT2D eigenvalue weighted by molar-refractivity contribution is 0.0843. The van der Waals surface area contributed by atoms with E-state index in [1.54, 1.807) is 11.0 Å². The molecule has 0 amide bonds. The molecule has 1 fully saturated rings. The molecule has 3 aromatic rings. The Balaban J connectivity index is 1.55. The first kappa shape index (κ1) is 18.5. The minimum atomic E-state index is 0.115. The first-order chi connectivity index (χ1) is 13.7. The molecule has 1 aliphatic heterocycles. The molecule has 2 heterocycles. The molecule has 0 saturated carbocycles. The zero-order valence-corrected chi connectivity index (χ0v) is 16.3. The van der Waals surface area contributed by atoms with E-state index < -0.39 is 0 Å². The molecule has 0 aliphatic carbocycles. The van der Waals surface area contributed by atoms with Crippen molar-refractivity contribution in [2.45, 2.75) is 38.7 Å². The molecule has 1 aliphatic rings. The van der Waals surface area contributed by atoms with Crippen LogP contribution >= 0.6 is 0 Å². The van der Waals surface area contributed by atoms with E-state index >= 15 is 0 Å². The van der Waals surface area contributed by atoms with E-state index in [1.807, 2.05) is 36.4 Å². The van der Waals surface area contributed by atoms with Crippen molar-refractivity contribution in [1.29, 1.82) is 0 Å². The van der Waals surface area contributed by atoms with Crippen LogP contribution in [0.2, 0.25) is 0 Å². The monoisotopic (exact) mass is 378 g/mol. The molecule has 0 spiro atoms. The van der Waals surface area contributed by atoms with Gasteiger partial charge in [0, 0.05) is 25.0 Å². The maximum atomic E-state index is 6.12. The van der Waals surface area contributed by atoms with Crippen LogP contribution in [0.3, 0.4) is 0 Å². The van der Waals surface area contributed by atoms with E-state index in [2.05, 4.69) is 41.4 Å². The van der Waals surface area contributed by atoms with Gasteiger partial charge < -0.3 is 14.8 Å². The molecular formula is C22H26N4O2. The maximum Gasteiger partial charge on any atom is 0.246 e. The van der Waals surface area contributed by atoms with Crippen LogP contribution in [0.1, 0.15) is 38.2 Å². The maximum absolute atomic E-state index is 6.12. The van der Waals surface area contributed by atoms with Crippen molar-refractivity contribution in [3.05, 3.63) is 60.4 Å². The van der Waals surface area contributed by atoms with Gasteiger partial charge in [-0.2, -0.15) is 4.98 Å². The minimum Gasteiger partial charge on any atom is -0.491 e. The van der Waals surface area contributed by atoms with Crippen LogP contribution in [0, 0.1) is 0 Å². The summed E-state index contributed by atoms with van der Waals surface area (Å²) in [6.07, 6.45) is 3.89. The van der Waals surface area contributed by atoms with E-state index in [-0.39, 0.29) is 6.10 Å². The standard InChI is InChI=1S/C22H26N4O2/c1-16(2)28-21-14-18(8-9-20(21)17-10-12-27-13-11-17)24-22-23-15-26(25-22)19-6-4-3-5-7-19/h3-9,14-17H,10-13H2,1-2H3,(H,24,25). The molecule has 146 valence electrons. The Hall–Kier alpha value is -2.86. The van der Waals surface area contributed by atoms with Crippen molar-refractivity contribution < 1.29 is 9.47 Å². The van der Waals surface area contributed by atoms with Crippen LogP contribution in [0.4, 0.5) is 11.6 Å². The molecule has 1 saturated heterocycles. The van der Waals surface area contributed by atoms with Gasteiger partial charge in [-0.05, 0) is 56.4 Å². The van der Waals surface area contributed by atoms with Gasteiger partial charge in [0.05, 0.1) is 11.8 Å². The number of para-hydroxylation sites is 1. The molecule has 2 aromatic carbocycles. The van der Waals surface area contributed by atoms with Crippen LogP contribution < -0.4 is 10.1 Å². The number of nitrogens with zero attached hydrogens (tertiary/aromatic N) is 3. The van der Waals surface area contributed by atoms with Crippen molar-refractivity contribution in [1.82, 2.24) is 14.8 Å². The van der Waals surface area contributed by atoms with Crippen molar-refractivity contribution in [3.63, 3.8) is 0 Å². The lowest BCUT2D eigenvalue weighted by Gasteiger charge is -2.25. The quantitative estimate of drug-likeness (QED) is 0.674. The SMILES string of the molecule is CC(C)Oc1cc(Nc2ncn(-c3ccccc3)n2)ccc1C1CCOCC1. The summed E-state index contributed by atoms with van der Waals surface area (Å²) in [6, 6.07) is 16.2. The van der Waals surface area contributed by atoms with Crippen molar-refractivity contribution >= 4 is 11.6 Å². The average Bonchev–Trinajstić information content (AvgIpc) is 3.18. The summed E-state index contributed by atoms with van der Waals surface area (Å²) in [4.78, 5) is 4.37. The smallest absolute Gasteiger partial charge is 0.246 e. The third-order valence-corrected chi connectivity index (χ3v) is 4.81. The summed E-state index contributed by atoms with van der Waals surface area (Å²) in [5.74, 6) is 1.96. The first-order valence-electron chi connectivity index (χ1n) is 9.81.